The van der Waals surface area contributed by atoms with Crippen LogP contribution in [0.2, 0.25) is 0 Å². The van der Waals surface area contributed by atoms with E-state index in [0.29, 0.717) is 24.6 Å². The summed E-state index contributed by atoms with van der Waals surface area (Å²) in [5, 5.41) is 5.41. The molecule has 2 aromatic carbocycles. The highest BCUT2D eigenvalue weighted by atomic mass is 16.7. The van der Waals surface area contributed by atoms with E-state index < -0.39 is 36.1 Å². The number of rotatable bonds is 11. The van der Waals surface area contributed by atoms with Gasteiger partial charge in [-0.15, -0.1) is 0 Å². The summed E-state index contributed by atoms with van der Waals surface area (Å²) in [5.74, 6) is -0.423. The van der Waals surface area contributed by atoms with Gasteiger partial charge in [-0.05, 0) is 67.2 Å². The fourth-order valence-electron chi connectivity index (χ4n) is 8.87. The molecular weight excluding hydrogens is 781 g/mol. The lowest BCUT2D eigenvalue weighted by Crippen LogP contribution is -2.53. The summed E-state index contributed by atoms with van der Waals surface area (Å²) in [6.07, 6.45) is 4.90. The Morgan fingerprint density at radius 1 is 0.705 bits per heavy atom. The second kappa shape index (κ2) is 18.1. The summed E-state index contributed by atoms with van der Waals surface area (Å²) in [5.41, 5.74) is 5.59. The summed E-state index contributed by atoms with van der Waals surface area (Å²) < 4.78 is 22.4. The van der Waals surface area contributed by atoms with E-state index in [0.717, 1.165) is 52.9 Å². The van der Waals surface area contributed by atoms with E-state index in [1.165, 1.54) is 14.2 Å². The fourth-order valence-corrected chi connectivity index (χ4v) is 8.87. The maximum atomic E-state index is 14.2. The molecule has 4 N–H and O–H groups in total. The molecule has 4 aromatic rings. The van der Waals surface area contributed by atoms with Gasteiger partial charge in [0.15, 0.2) is 5.79 Å². The standard InChI is InChI=1S/C45H58N8O8/c1-25(2)37(50-43(56)58-7)41(54)52-19-9-10-35(52)39-46-22-33(48-39)31-15-11-29(12-16-31)30-13-17-32(18-14-30)34-23-47-40(49-34)36-21-45(60-27(5)20-28(6)61-45)24-53(36)42(55)38(26(3)4)51-44(57)59-8/h11-18,22-23,25-28,35-38H,9-10,19-21,24H2,1-8H3,(H,46,48)(H,47,49)(H,50,56)(H,51,57)/t27-,28-,35-,36-,37-,38-/m0/s1. The van der Waals surface area contributed by atoms with E-state index in [1.807, 2.05) is 65.8 Å². The van der Waals surface area contributed by atoms with E-state index in [9.17, 15) is 19.2 Å². The molecule has 16 nitrogen and oxygen atoms in total. The maximum absolute atomic E-state index is 14.2. The highest BCUT2D eigenvalue weighted by Crippen LogP contribution is 2.45. The molecular formula is C45H58N8O8. The van der Waals surface area contributed by atoms with Gasteiger partial charge in [-0.3, -0.25) is 9.59 Å². The van der Waals surface area contributed by atoms with Gasteiger partial charge >= 0.3 is 12.2 Å². The van der Waals surface area contributed by atoms with Crippen molar-refractivity contribution in [2.24, 2.45) is 11.8 Å². The molecule has 3 saturated heterocycles. The molecule has 2 aromatic heterocycles. The minimum Gasteiger partial charge on any atom is -0.453 e. The molecule has 0 bridgehead atoms. The van der Waals surface area contributed by atoms with Crippen LogP contribution in [0.4, 0.5) is 9.59 Å². The van der Waals surface area contributed by atoms with Gasteiger partial charge < -0.3 is 49.3 Å². The minimum absolute atomic E-state index is 0.0526. The number of nitrogens with zero attached hydrogens (tertiary/aromatic N) is 4. The van der Waals surface area contributed by atoms with Crippen molar-refractivity contribution in [2.45, 2.75) is 109 Å². The summed E-state index contributed by atoms with van der Waals surface area (Å²) in [6, 6.07) is 14.2. The van der Waals surface area contributed by atoms with Gasteiger partial charge in [0.25, 0.3) is 0 Å². The molecule has 0 aliphatic carbocycles. The number of aromatic amines is 2. The maximum Gasteiger partial charge on any atom is 0.407 e. The molecule has 326 valence electrons. The summed E-state index contributed by atoms with van der Waals surface area (Å²) in [6.45, 7) is 12.4. The second-order valence-electron chi connectivity index (χ2n) is 17.1. The number of aromatic nitrogens is 4. The summed E-state index contributed by atoms with van der Waals surface area (Å²) in [7, 11) is 2.56. The predicted molar refractivity (Wildman–Crippen MR) is 227 cm³/mol. The number of imidazole rings is 2. The number of ether oxygens (including phenoxy) is 4. The SMILES string of the molecule is COC(=O)N[C@H](C(=O)N1CCC[C@H]1c1ncc(-c2ccc(-c3ccc(-c4cnc([C@@H]5CC6(CN5C(=O)[C@@H](NC(=O)OC)C(C)C)O[C@@H](C)C[C@H](C)O6)[nH]4)cc3)cc2)[nH]1)C(C)C. The molecule has 5 heterocycles. The molecule has 3 aliphatic rings. The molecule has 1 spiro atoms. The van der Waals surface area contributed by atoms with Crippen LogP contribution in [0.1, 0.15) is 91.0 Å². The van der Waals surface area contributed by atoms with E-state index in [2.05, 4.69) is 49.9 Å². The first-order valence-electron chi connectivity index (χ1n) is 21.2. The first-order valence-corrected chi connectivity index (χ1v) is 21.2. The Hall–Kier alpha value is -5.74. The first-order chi connectivity index (χ1) is 29.2. The summed E-state index contributed by atoms with van der Waals surface area (Å²) >= 11 is 0. The highest BCUT2D eigenvalue weighted by molar-refractivity contribution is 5.87. The molecule has 6 atom stereocenters. The Labute approximate surface area is 356 Å². The average Bonchev–Trinajstić information content (AvgIpc) is 4.08. The molecule has 3 fully saturated rings. The van der Waals surface area contributed by atoms with Gasteiger partial charge in [0.1, 0.15) is 23.7 Å². The Morgan fingerprint density at radius 3 is 1.61 bits per heavy atom. The normalized spacial score (nSPS) is 23.6. The lowest BCUT2D eigenvalue weighted by molar-refractivity contribution is -0.303. The third-order valence-corrected chi connectivity index (χ3v) is 11.9. The number of amides is 4. The quantitative estimate of drug-likeness (QED) is 0.126. The first kappa shape index (κ1) is 43.4. The highest BCUT2D eigenvalue weighted by Gasteiger charge is 2.54. The second-order valence-corrected chi connectivity index (χ2v) is 17.1. The molecule has 16 heteroatoms. The molecule has 0 radical (unpaired) electrons. The Balaban J connectivity index is 1.05. The Kier molecular flexibility index (Phi) is 12.9. The van der Waals surface area contributed by atoms with Crippen LogP contribution >= 0.6 is 0 Å². The largest absolute Gasteiger partial charge is 0.453 e. The molecule has 0 saturated carbocycles. The zero-order chi connectivity index (χ0) is 43.6. The van der Waals surface area contributed by atoms with Crippen molar-refractivity contribution in [1.82, 2.24) is 40.4 Å². The number of likely N-dealkylation sites (tertiary alicyclic amines) is 2. The lowest BCUT2D eigenvalue weighted by Gasteiger charge is -2.40. The number of H-pyrrole nitrogens is 2. The Morgan fingerprint density at radius 2 is 1.15 bits per heavy atom. The van der Waals surface area contributed by atoms with Crippen molar-refractivity contribution in [3.05, 3.63) is 72.6 Å². The lowest BCUT2D eigenvalue weighted by atomic mass is 10.0. The van der Waals surface area contributed by atoms with E-state index in [-0.39, 0.29) is 48.4 Å². The van der Waals surface area contributed by atoms with E-state index >= 15 is 0 Å². The number of hydrogen-bond donors (Lipinski definition) is 4. The number of carbonyl (C=O) groups excluding carboxylic acids is 4. The van der Waals surface area contributed by atoms with Gasteiger partial charge in [-0.1, -0.05) is 76.2 Å². The van der Waals surface area contributed by atoms with Crippen molar-refractivity contribution in [3.8, 4) is 33.6 Å². The summed E-state index contributed by atoms with van der Waals surface area (Å²) in [4.78, 5) is 71.9. The third kappa shape index (κ3) is 9.30. The van der Waals surface area contributed by atoms with E-state index in [1.54, 1.807) is 22.2 Å². The van der Waals surface area contributed by atoms with Crippen LogP contribution in [0, 0.1) is 11.8 Å². The van der Waals surface area contributed by atoms with Crippen LogP contribution in [0.15, 0.2) is 60.9 Å². The number of carbonyl (C=O) groups is 4. The molecule has 7 rings (SSSR count). The number of methoxy groups -OCH3 is 2. The van der Waals surface area contributed by atoms with Crippen molar-refractivity contribution >= 4 is 24.0 Å². The third-order valence-electron chi connectivity index (χ3n) is 11.9. The zero-order valence-electron chi connectivity index (χ0n) is 36.2. The predicted octanol–water partition coefficient (Wildman–Crippen LogP) is 6.74. The molecule has 3 aliphatic heterocycles. The minimum atomic E-state index is -1.01. The van der Waals surface area contributed by atoms with Crippen LogP contribution in [0.25, 0.3) is 33.6 Å². The number of hydrogen-bond acceptors (Lipinski definition) is 10. The van der Waals surface area contributed by atoms with Crippen LogP contribution in [0.3, 0.4) is 0 Å². The number of alkyl carbamates (subject to hydrolysis) is 2. The zero-order valence-corrected chi connectivity index (χ0v) is 36.2. The van der Waals surface area contributed by atoms with Gasteiger partial charge in [0.2, 0.25) is 11.8 Å². The van der Waals surface area contributed by atoms with Crippen molar-refractivity contribution < 1.29 is 38.1 Å². The van der Waals surface area contributed by atoms with Crippen LogP contribution in [0.5, 0.6) is 0 Å². The fraction of sp³-hybridized carbons (Fsp3) is 0.511. The number of benzene rings is 2. The average molecular weight is 839 g/mol. The topological polar surface area (TPSA) is 193 Å². The van der Waals surface area contributed by atoms with E-state index in [4.69, 9.17) is 23.9 Å². The van der Waals surface area contributed by atoms with Crippen LogP contribution in [-0.4, -0.2) is 111 Å². The molecule has 0 unspecified atom stereocenters. The Bertz CT molecular complexity index is 2170. The van der Waals surface area contributed by atoms with Crippen LogP contribution in [-0.2, 0) is 28.5 Å². The van der Waals surface area contributed by atoms with Gasteiger partial charge in [0.05, 0.1) is 68.8 Å². The van der Waals surface area contributed by atoms with Gasteiger partial charge in [-0.25, -0.2) is 19.6 Å². The van der Waals surface area contributed by atoms with Crippen molar-refractivity contribution in [1.29, 1.82) is 0 Å². The van der Waals surface area contributed by atoms with Crippen molar-refractivity contribution in [2.75, 3.05) is 27.3 Å². The number of nitrogens with one attached hydrogen (secondary N) is 4. The smallest absolute Gasteiger partial charge is 0.407 e. The van der Waals surface area contributed by atoms with Crippen molar-refractivity contribution in [3.63, 3.8) is 0 Å². The molecule has 4 amide bonds. The van der Waals surface area contributed by atoms with Crippen LogP contribution < -0.4 is 10.6 Å². The van der Waals surface area contributed by atoms with Gasteiger partial charge in [-0.2, -0.15) is 0 Å². The van der Waals surface area contributed by atoms with Gasteiger partial charge in [0, 0.05) is 13.0 Å². The molecule has 61 heavy (non-hydrogen) atoms. The monoisotopic (exact) mass is 838 g/mol.